The van der Waals surface area contributed by atoms with Crippen molar-refractivity contribution in [1.29, 1.82) is 0 Å². The molecule has 0 saturated carbocycles. The number of ether oxygens (including phenoxy) is 2. The number of halogens is 2. The smallest absolute Gasteiger partial charge is 0.387 e. The highest BCUT2D eigenvalue weighted by Crippen LogP contribution is 2.15. The maximum absolute atomic E-state index is 12.1. The zero-order chi connectivity index (χ0) is 20.8. The maximum Gasteiger partial charge on any atom is 0.387 e. The monoisotopic (exact) mass is 403 g/mol. The Morgan fingerprint density at radius 3 is 2.62 bits per heavy atom. The first-order chi connectivity index (χ1) is 13.9. The van der Waals surface area contributed by atoms with Crippen molar-refractivity contribution in [3.05, 3.63) is 65.6 Å². The van der Waals surface area contributed by atoms with Crippen molar-refractivity contribution in [1.82, 2.24) is 14.7 Å². The number of rotatable bonds is 8. The number of hydrogen-bond acceptors (Lipinski definition) is 5. The van der Waals surface area contributed by atoms with Crippen LogP contribution >= 0.6 is 0 Å². The fourth-order valence-electron chi connectivity index (χ4n) is 2.69. The van der Waals surface area contributed by atoms with Crippen LogP contribution in [0.5, 0.6) is 5.75 Å². The van der Waals surface area contributed by atoms with Gasteiger partial charge in [-0.25, -0.2) is 9.78 Å². The van der Waals surface area contributed by atoms with Gasteiger partial charge in [-0.3, -0.25) is 4.79 Å². The summed E-state index contributed by atoms with van der Waals surface area (Å²) in [6.45, 7) is -1.10. The van der Waals surface area contributed by atoms with E-state index in [1.807, 2.05) is 19.1 Å². The Morgan fingerprint density at radius 1 is 1.17 bits per heavy atom. The second kappa shape index (κ2) is 9.13. The average molecular weight is 403 g/mol. The molecule has 0 spiro atoms. The van der Waals surface area contributed by atoms with Crippen LogP contribution < -0.4 is 10.1 Å². The number of pyridine rings is 1. The van der Waals surface area contributed by atoms with Crippen LogP contribution in [-0.2, 0) is 16.0 Å². The number of amides is 1. The van der Waals surface area contributed by atoms with Crippen LogP contribution in [0.4, 0.5) is 8.78 Å². The van der Waals surface area contributed by atoms with Crippen molar-refractivity contribution in [3.63, 3.8) is 0 Å². The van der Waals surface area contributed by atoms with Crippen molar-refractivity contribution in [2.45, 2.75) is 20.0 Å². The molecule has 0 aliphatic heterocycles. The van der Waals surface area contributed by atoms with Gasteiger partial charge in [0.05, 0.1) is 0 Å². The van der Waals surface area contributed by atoms with E-state index in [1.165, 1.54) is 12.1 Å². The molecule has 0 aliphatic rings. The lowest BCUT2D eigenvalue weighted by molar-refractivity contribution is -0.124. The molecule has 2 heterocycles. The molecular weight excluding hydrogens is 384 g/mol. The van der Waals surface area contributed by atoms with Crippen LogP contribution in [0.25, 0.3) is 5.65 Å². The van der Waals surface area contributed by atoms with Crippen LogP contribution in [0.2, 0.25) is 0 Å². The summed E-state index contributed by atoms with van der Waals surface area (Å²) in [7, 11) is 0. The second-order valence-corrected chi connectivity index (χ2v) is 6.22. The first-order valence-electron chi connectivity index (χ1n) is 8.84. The van der Waals surface area contributed by atoms with Crippen LogP contribution in [0.15, 0.2) is 48.7 Å². The van der Waals surface area contributed by atoms with Crippen molar-refractivity contribution < 1.29 is 27.8 Å². The molecule has 0 atom stereocenters. The predicted molar refractivity (Wildman–Crippen MR) is 100.0 cm³/mol. The minimum atomic E-state index is -2.87. The molecule has 1 aromatic carbocycles. The Balaban J connectivity index is 1.42. The van der Waals surface area contributed by atoms with E-state index >= 15 is 0 Å². The van der Waals surface area contributed by atoms with Gasteiger partial charge in [0.15, 0.2) is 12.3 Å². The van der Waals surface area contributed by atoms with Gasteiger partial charge in [0, 0.05) is 18.4 Å². The zero-order valence-electron chi connectivity index (χ0n) is 15.6. The number of hydrogen-bond donors (Lipinski definition) is 1. The molecule has 3 rings (SSSR count). The van der Waals surface area contributed by atoms with Gasteiger partial charge < -0.3 is 19.2 Å². The number of carbonyl (C=O) groups is 2. The normalized spacial score (nSPS) is 10.9. The number of carbonyl (C=O) groups excluding carboxylic acids is 2. The van der Waals surface area contributed by atoms with Crippen LogP contribution in [0, 0.1) is 6.92 Å². The standard InChI is InChI=1S/C20H19F2N3O4/c1-13-3-2-4-17-24-16(11-25(13)17)19(27)28-12-18(26)23-10-9-14-5-7-15(8-6-14)29-20(21)22/h2-8,11,20H,9-10,12H2,1H3,(H,23,26). The molecule has 0 fully saturated rings. The molecule has 0 saturated heterocycles. The molecule has 3 aromatic rings. The minimum Gasteiger partial charge on any atom is -0.451 e. The number of nitrogens with zero attached hydrogens (tertiary/aromatic N) is 2. The molecule has 1 amide bonds. The number of esters is 1. The summed E-state index contributed by atoms with van der Waals surface area (Å²) in [5, 5.41) is 2.63. The summed E-state index contributed by atoms with van der Waals surface area (Å²) in [5.74, 6) is -1.06. The molecule has 7 nitrogen and oxygen atoms in total. The van der Waals surface area contributed by atoms with Gasteiger partial charge in [0.1, 0.15) is 11.4 Å². The Morgan fingerprint density at radius 2 is 1.93 bits per heavy atom. The third-order valence-corrected chi connectivity index (χ3v) is 4.12. The van der Waals surface area contributed by atoms with Crippen molar-refractivity contribution >= 4 is 17.5 Å². The van der Waals surface area contributed by atoms with Crippen molar-refractivity contribution in [2.75, 3.05) is 13.2 Å². The van der Waals surface area contributed by atoms with E-state index in [-0.39, 0.29) is 11.4 Å². The van der Waals surface area contributed by atoms with E-state index in [4.69, 9.17) is 4.74 Å². The van der Waals surface area contributed by atoms with E-state index in [0.29, 0.717) is 18.6 Å². The van der Waals surface area contributed by atoms with Crippen LogP contribution in [0.3, 0.4) is 0 Å². The number of nitrogens with one attached hydrogen (secondary N) is 1. The van der Waals surface area contributed by atoms with Gasteiger partial charge in [-0.2, -0.15) is 8.78 Å². The third kappa shape index (κ3) is 5.50. The molecule has 1 N–H and O–H groups in total. The lowest BCUT2D eigenvalue weighted by Gasteiger charge is -2.07. The maximum atomic E-state index is 12.1. The van der Waals surface area contributed by atoms with E-state index in [0.717, 1.165) is 11.3 Å². The lowest BCUT2D eigenvalue weighted by atomic mass is 10.1. The van der Waals surface area contributed by atoms with Gasteiger partial charge in [0.25, 0.3) is 5.91 Å². The number of fused-ring (bicyclic) bond motifs is 1. The van der Waals surface area contributed by atoms with Gasteiger partial charge in [-0.15, -0.1) is 0 Å². The summed E-state index contributed by atoms with van der Waals surface area (Å²) < 4.78 is 35.3. The Bertz CT molecular complexity index is 1000. The van der Waals surface area contributed by atoms with E-state index in [2.05, 4.69) is 15.0 Å². The molecule has 29 heavy (non-hydrogen) atoms. The number of aryl methyl sites for hydroxylation is 1. The summed E-state index contributed by atoms with van der Waals surface area (Å²) in [6.07, 6.45) is 2.05. The number of benzene rings is 1. The molecule has 9 heteroatoms. The topological polar surface area (TPSA) is 81.9 Å². The van der Waals surface area contributed by atoms with Gasteiger partial charge in [-0.1, -0.05) is 18.2 Å². The minimum absolute atomic E-state index is 0.0711. The molecule has 0 radical (unpaired) electrons. The van der Waals surface area contributed by atoms with E-state index in [1.54, 1.807) is 28.8 Å². The largest absolute Gasteiger partial charge is 0.451 e. The fourth-order valence-corrected chi connectivity index (χ4v) is 2.69. The van der Waals surface area contributed by atoms with Crippen LogP contribution in [-0.4, -0.2) is 41.0 Å². The molecule has 0 bridgehead atoms. The van der Waals surface area contributed by atoms with Gasteiger partial charge in [-0.05, 0) is 43.2 Å². The highest BCUT2D eigenvalue weighted by Gasteiger charge is 2.14. The average Bonchev–Trinajstić information content (AvgIpc) is 3.13. The fraction of sp³-hybridized carbons (Fsp3) is 0.250. The number of alkyl halides is 2. The number of imidazole rings is 1. The first-order valence-corrected chi connectivity index (χ1v) is 8.84. The van der Waals surface area contributed by atoms with Crippen molar-refractivity contribution in [2.24, 2.45) is 0 Å². The van der Waals surface area contributed by atoms with Gasteiger partial charge in [0.2, 0.25) is 0 Å². The zero-order valence-corrected chi connectivity index (χ0v) is 15.6. The quantitative estimate of drug-likeness (QED) is 0.585. The third-order valence-electron chi connectivity index (χ3n) is 4.12. The summed E-state index contributed by atoms with van der Waals surface area (Å²) in [4.78, 5) is 28.1. The van der Waals surface area contributed by atoms with E-state index < -0.39 is 25.1 Å². The summed E-state index contributed by atoms with van der Waals surface area (Å²) >= 11 is 0. The summed E-state index contributed by atoms with van der Waals surface area (Å²) in [5.41, 5.74) is 2.49. The molecule has 152 valence electrons. The van der Waals surface area contributed by atoms with Gasteiger partial charge >= 0.3 is 12.6 Å². The highest BCUT2D eigenvalue weighted by atomic mass is 19.3. The lowest BCUT2D eigenvalue weighted by Crippen LogP contribution is -2.30. The SMILES string of the molecule is Cc1cccc2nc(C(=O)OCC(=O)NCCc3ccc(OC(F)F)cc3)cn12. The predicted octanol–water partition coefficient (Wildman–Crippen LogP) is 2.76. The second-order valence-electron chi connectivity index (χ2n) is 6.22. The molecule has 0 aliphatic carbocycles. The molecular formula is C20H19F2N3O4. The molecule has 2 aromatic heterocycles. The van der Waals surface area contributed by atoms with Crippen molar-refractivity contribution in [3.8, 4) is 5.75 Å². The van der Waals surface area contributed by atoms with Crippen LogP contribution in [0.1, 0.15) is 21.7 Å². The Hall–Kier alpha value is -3.49. The Kier molecular flexibility index (Phi) is 6.38. The number of aromatic nitrogens is 2. The first kappa shape index (κ1) is 20.2. The molecule has 0 unspecified atom stereocenters. The summed E-state index contributed by atoms with van der Waals surface area (Å²) in [6, 6.07) is 11.6. The highest BCUT2D eigenvalue weighted by molar-refractivity contribution is 5.90. The Labute approximate surface area is 165 Å². The van der Waals surface area contributed by atoms with E-state index in [9.17, 15) is 18.4 Å².